The van der Waals surface area contributed by atoms with Crippen molar-refractivity contribution >= 4 is 5.52 Å². The number of benzene rings is 1. The second-order valence-corrected chi connectivity index (χ2v) is 4.02. The van der Waals surface area contributed by atoms with Crippen LogP contribution in [0.15, 0.2) is 55.1 Å². The SMILES string of the molecule is NNC(c1ccccc1)c1cnn2ccncc12. The molecule has 1 aromatic carbocycles. The fraction of sp³-hybridized carbons (Fsp3) is 0.0769. The van der Waals surface area contributed by atoms with Gasteiger partial charge in [0.1, 0.15) is 0 Å². The maximum absolute atomic E-state index is 5.68. The molecule has 1 unspecified atom stereocenters. The molecule has 90 valence electrons. The van der Waals surface area contributed by atoms with Gasteiger partial charge in [0, 0.05) is 18.0 Å². The van der Waals surface area contributed by atoms with Crippen LogP contribution in [0, 0.1) is 0 Å². The predicted octanol–water partition coefficient (Wildman–Crippen LogP) is 1.28. The Morgan fingerprint density at radius 2 is 2.00 bits per heavy atom. The third kappa shape index (κ3) is 1.75. The van der Waals surface area contributed by atoms with Crippen molar-refractivity contribution in [1.82, 2.24) is 20.0 Å². The normalized spacial score (nSPS) is 12.7. The topological polar surface area (TPSA) is 68.2 Å². The van der Waals surface area contributed by atoms with Crippen LogP contribution in [0.4, 0.5) is 0 Å². The largest absolute Gasteiger partial charge is 0.271 e. The molecule has 5 nitrogen and oxygen atoms in total. The van der Waals surface area contributed by atoms with Crippen LogP contribution in [0.1, 0.15) is 17.2 Å². The van der Waals surface area contributed by atoms with Gasteiger partial charge in [0.25, 0.3) is 0 Å². The van der Waals surface area contributed by atoms with E-state index in [9.17, 15) is 0 Å². The molecule has 0 aliphatic rings. The first kappa shape index (κ1) is 10.9. The summed E-state index contributed by atoms with van der Waals surface area (Å²) < 4.78 is 1.79. The second kappa shape index (κ2) is 4.56. The van der Waals surface area contributed by atoms with Crippen LogP contribution in [0.25, 0.3) is 5.52 Å². The van der Waals surface area contributed by atoms with Crippen LogP contribution in [0.2, 0.25) is 0 Å². The molecular weight excluding hydrogens is 226 g/mol. The highest BCUT2D eigenvalue weighted by atomic mass is 15.3. The third-order valence-electron chi connectivity index (χ3n) is 2.97. The summed E-state index contributed by atoms with van der Waals surface area (Å²) in [7, 11) is 0. The monoisotopic (exact) mass is 239 g/mol. The number of fused-ring (bicyclic) bond motifs is 1. The Bertz CT molecular complexity index is 647. The molecule has 0 saturated heterocycles. The van der Waals surface area contributed by atoms with E-state index in [0.29, 0.717) is 0 Å². The van der Waals surface area contributed by atoms with Crippen molar-refractivity contribution in [3.05, 3.63) is 66.2 Å². The first-order valence-electron chi connectivity index (χ1n) is 5.68. The van der Waals surface area contributed by atoms with Crippen molar-refractivity contribution in [3.63, 3.8) is 0 Å². The lowest BCUT2D eigenvalue weighted by Crippen LogP contribution is -2.28. The summed E-state index contributed by atoms with van der Waals surface area (Å²) in [6, 6.07) is 9.93. The van der Waals surface area contributed by atoms with Crippen molar-refractivity contribution in [3.8, 4) is 0 Å². The summed E-state index contributed by atoms with van der Waals surface area (Å²) >= 11 is 0. The van der Waals surface area contributed by atoms with E-state index in [1.165, 1.54) is 0 Å². The average molecular weight is 239 g/mol. The molecule has 0 radical (unpaired) electrons. The first-order valence-corrected chi connectivity index (χ1v) is 5.68. The van der Waals surface area contributed by atoms with Crippen molar-refractivity contribution < 1.29 is 0 Å². The van der Waals surface area contributed by atoms with Gasteiger partial charge >= 0.3 is 0 Å². The van der Waals surface area contributed by atoms with Gasteiger partial charge in [-0.3, -0.25) is 10.8 Å². The summed E-state index contributed by atoms with van der Waals surface area (Å²) in [6.45, 7) is 0. The van der Waals surface area contributed by atoms with Crippen LogP contribution >= 0.6 is 0 Å². The van der Waals surface area contributed by atoms with Gasteiger partial charge in [-0.1, -0.05) is 30.3 Å². The molecule has 18 heavy (non-hydrogen) atoms. The first-order chi connectivity index (χ1) is 8.90. The summed E-state index contributed by atoms with van der Waals surface area (Å²) in [5.41, 5.74) is 5.89. The molecule has 0 fully saturated rings. The zero-order chi connectivity index (χ0) is 12.4. The lowest BCUT2D eigenvalue weighted by atomic mass is 10.0. The lowest BCUT2D eigenvalue weighted by Gasteiger charge is -2.15. The Balaban J connectivity index is 2.12. The van der Waals surface area contributed by atoms with Crippen LogP contribution in [-0.2, 0) is 0 Å². The molecule has 2 aromatic heterocycles. The summed E-state index contributed by atoms with van der Waals surface area (Å²) in [4.78, 5) is 4.13. The maximum Gasteiger partial charge on any atom is 0.0896 e. The van der Waals surface area contributed by atoms with Gasteiger partial charge in [-0.25, -0.2) is 9.94 Å². The zero-order valence-corrected chi connectivity index (χ0v) is 9.69. The average Bonchev–Trinajstić information content (AvgIpc) is 2.85. The van der Waals surface area contributed by atoms with E-state index in [2.05, 4.69) is 15.5 Å². The van der Waals surface area contributed by atoms with E-state index in [-0.39, 0.29) is 6.04 Å². The van der Waals surface area contributed by atoms with Gasteiger partial charge in [0.05, 0.1) is 24.0 Å². The molecule has 0 saturated carbocycles. The molecule has 0 bridgehead atoms. The summed E-state index contributed by atoms with van der Waals surface area (Å²) in [5.74, 6) is 5.68. The molecule has 0 aliphatic heterocycles. The molecule has 3 rings (SSSR count). The van der Waals surface area contributed by atoms with Gasteiger partial charge in [-0.05, 0) is 5.56 Å². The zero-order valence-electron chi connectivity index (χ0n) is 9.69. The number of nitrogens with zero attached hydrogens (tertiary/aromatic N) is 3. The number of hydrogen-bond acceptors (Lipinski definition) is 4. The minimum absolute atomic E-state index is 0.0899. The fourth-order valence-corrected chi connectivity index (χ4v) is 2.09. The number of hydrazine groups is 1. The van der Waals surface area contributed by atoms with E-state index in [0.717, 1.165) is 16.6 Å². The molecule has 2 heterocycles. The van der Waals surface area contributed by atoms with Crippen LogP contribution in [-0.4, -0.2) is 14.6 Å². The quantitative estimate of drug-likeness (QED) is 0.533. The molecule has 3 aromatic rings. The Labute approximate surface area is 104 Å². The third-order valence-corrected chi connectivity index (χ3v) is 2.97. The standard InChI is InChI=1S/C13H13N5/c14-17-13(10-4-2-1-3-5-10)11-8-16-18-7-6-15-9-12(11)18/h1-9,13,17H,14H2. The molecule has 3 N–H and O–H groups in total. The Kier molecular flexibility index (Phi) is 2.76. The molecule has 5 heteroatoms. The van der Waals surface area contributed by atoms with E-state index in [1.807, 2.05) is 42.7 Å². The Hall–Kier alpha value is -2.24. The van der Waals surface area contributed by atoms with Crippen molar-refractivity contribution in [2.24, 2.45) is 5.84 Å². The fourth-order valence-electron chi connectivity index (χ4n) is 2.09. The maximum atomic E-state index is 5.68. The smallest absolute Gasteiger partial charge is 0.0896 e. The highest BCUT2D eigenvalue weighted by molar-refractivity contribution is 5.55. The summed E-state index contributed by atoms with van der Waals surface area (Å²) in [6.07, 6.45) is 7.12. The van der Waals surface area contributed by atoms with Crippen LogP contribution in [0.5, 0.6) is 0 Å². The highest BCUT2D eigenvalue weighted by Crippen LogP contribution is 2.24. The van der Waals surface area contributed by atoms with Crippen LogP contribution in [0.3, 0.4) is 0 Å². The van der Waals surface area contributed by atoms with Crippen molar-refractivity contribution in [1.29, 1.82) is 0 Å². The lowest BCUT2D eigenvalue weighted by molar-refractivity contribution is 0.640. The van der Waals surface area contributed by atoms with E-state index < -0.39 is 0 Å². The number of nitrogens with one attached hydrogen (secondary N) is 1. The molecule has 0 spiro atoms. The molecule has 0 aliphatic carbocycles. The van der Waals surface area contributed by atoms with Gasteiger partial charge < -0.3 is 0 Å². The number of aromatic nitrogens is 3. The van der Waals surface area contributed by atoms with E-state index in [1.54, 1.807) is 16.9 Å². The number of hydrogen-bond donors (Lipinski definition) is 2. The van der Waals surface area contributed by atoms with Gasteiger partial charge in [-0.15, -0.1) is 0 Å². The number of nitrogens with two attached hydrogens (primary N) is 1. The Morgan fingerprint density at radius 3 is 2.78 bits per heavy atom. The van der Waals surface area contributed by atoms with Gasteiger partial charge in [-0.2, -0.15) is 5.10 Å². The highest BCUT2D eigenvalue weighted by Gasteiger charge is 2.16. The van der Waals surface area contributed by atoms with Gasteiger partial charge in [0.2, 0.25) is 0 Å². The predicted molar refractivity (Wildman–Crippen MR) is 68.6 cm³/mol. The van der Waals surface area contributed by atoms with E-state index >= 15 is 0 Å². The molecular formula is C13H13N5. The second-order valence-electron chi connectivity index (χ2n) is 4.02. The van der Waals surface area contributed by atoms with Crippen molar-refractivity contribution in [2.75, 3.05) is 0 Å². The summed E-state index contributed by atoms with van der Waals surface area (Å²) in [5, 5.41) is 4.29. The minimum Gasteiger partial charge on any atom is -0.271 e. The molecule has 0 amide bonds. The Morgan fingerprint density at radius 1 is 1.17 bits per heavy atom. The van der Waals surface area contributed by atoms with E-state index in [4.69, 9.17) is 5.84 Å². The van der Waals surface area contributed by atoms with Crippen LogP contribution < -0.4 is 11.3 Å². The van der Waals surface area contributed by atoms with Crippen molar-refractivity contribution in [2.45, 2.75) is 6.04 Å². The number of rotatable bonds is 3. The molecule has 1 atom stereocenters. The minimum atomic E-state index is -0.0899. The van der Waals surface area contributed by atoms with Gasteiger partial charge in [0.15, 0.2) is 0 Å².